The number of nitrogens with one attached hydrogen (secondary N) is 1. The van der Waals surface area contributed by atoms with Crippen LogP contribution in [0.15, 0.2) is 60.8 Å². The van der Waals surface area contributed by atoms with Gasteiger partial charge in [0.2, 0.25) is 0 Å². The second-order valence-corrected chi connectivity index (χ2v) is 5.86. The first-order valence-corrected chi connectivity index (χ1v) is 8.76. The van der Waals surface area contributed by atoms with E-state index in [1.807, 2.05) is 54.6 Å². The first-order valence-electron chi connectivity index (χ1n) is 8.76. The standard InChI is InChI=1S/C21H22N2O3/c1-2-3-14-25-19-12-11-18(17-10-7-13-22-21(17)19)23-20(24)15-26-16-8-5-4-6-9-16/h4-13H,2-3,14-15H2,1H3,(H,23,24). The van der Waals surface area contributed by atoms with Gasteiger partial charge in [0, 0.05) is 11.6 Å². The number of unbranched alkanes of at least 4 members (excludes halogenated alkanes) is 1. The molecule has 1 heterocycles. The molecule has 0 bridgehead atoms. The lowest BCUT2D eigenvalue weighted by atomic mass is 10.1. The molecule has 0 aliphatic carbocycles. The predicted molar refractivity (Wildman–Crippen MR) is 103 cm³/mol. The van der Waals surface area contributed by atoms with Crippen molar-refractivity contribution in [2.24, 2.45) is 0 Å². The molecule has 5 nitrogen and oxygen atoms in total. The predicted octanol–water partition coefficient (Wildman–Crippen LogP) is 4.43. The number of carbonyl (C=O) groups excluding carboxylic acids is 1. The summed E-state index contributed by atoms with van der Waals surface area (Å²) in [6, 6.07) is 16.7. The number of carbonyl (C=O) groups is 1. The fraction of sp³-hybridized carbons (Fsp3) is 0.238. The number of amides is 1. The van der Waals surface area contributed by atoms with Gasteiger partial charge in [-0.25, -0.2) is 0 Å². The number of hydrogen-bond acceptors (Lipinski definition) is 4. The zero-order valence-corrected chi connectivity index (χ0v) is 14.8. The summed E-state index contributed by atoms with van der Waals surface area (Å²) in [5.41, 5.74) is 1.43. The number of ether oxygens (including phenoxy) is 2. The highest BCUT2D eigenvalue weighted by Gasteiger charge is 2.11. The van der Waals surface area contributed by atoms with Crippen LogP contribution in [0.4, 0.5) is 5.69 Å². The monoisotopic (exact) mass is 350 g/mol. The summed E-state index contributed by atoms with van der Waals surface area (Å²) in [4.78, 5) is 16.7. The number of benzene rings is 2. The van der Waals surface area contributed by atoms with E-state index in [4.69, 9.17) is 9.47 Å². The Morgan fingerprint density at radius 2 is 1.88 bits per heavy atom. The van der Waals surface area contributed by atoms with Crippen LogP contribution in [0, 0.1) is 0 Å². The number of nitrogens with zero attached hydrogens (tertiary/aromatic N) is 1. The van der Waals surface area contributed by atoms with Crippen molar-refractivity contribution >= 4 is 22.5 Å². The van der Waals surface area contributed by atoms with Crippen LogP contribution < -0.4 is 14.8 Å². The summed E-state index contributed by atoms with van der Waals surface area (Å²) < 4.78 is 11.3. The van der Waals surface area contributed by atoms with E-state index in [9.17, 15) is 4.79 Å². The number of hydrogen-bond donors (Lipinski definition) is 1. The summed E-state index contributed by atoms with van der Waals surface area (Å²) >= 11 is 0. The Labute approximate surface area is 153 Å². The highest BCUT2D eigenvalue weighted by atomic mass is 16.5. The summed E-state index contributed by atoms with van der Waals surface area (Å²) in [6.45, 7) is 2.72. The first-order chi connectivity index (χ1) is 12.8. The molecule has 1 amide bonds. The molecule has 26 heavy (non-hydrogen) atoms. The molecule has 1 N–H and O–H groups in total. The number of pyridine rings is 1. The van der Waals surface area contributed by atoms with Crippen LogP contribution in [0.2, 0.25) is 0 Å². The minimum absolute atomic E-state index is 0.0550. The number of para-hydroxylation sites is 1. The zero-order chi connectivity index (χ0) is 18.2. The van der Waals surface area contributed by atoms with E-state index in [1.54, 1.807) is 6.20 Å². The Bertz CT molecular complexity index is 866. The van der Waals surface area contributed by atoms with E-state index in [-0.39, 0.29) is 12.5 Å². The highest BCUT2D eigenvalue weighted by molar-refractivity contribution is 6.03. The molecule has 3 aromatic rings. The lowest BCUT2D eigenvalue weighted by Gasteiger charge is -2.13. The average Bonchev–Trinajstić information content (AvgIpc) is 2.69. The maximum Gasteiger partial charge on any atom is 0.262 e. The molecule has 0 radical (unpaired) electrons. The van der Waals surface area contributed by atoms with Gasteiger partial charge in [-0.1, -0.05) is 31.5 Å². The largest absolute Gasteiger partial charge is 0.491 e. The third-order valence-electron chi connectivity index (χ3n) is 3.88. The second kappa shape index (κ2) is 8.85. The van der Waals surface area contributed by atoms with E-state index in [0.29, 0.717) is 18.0 Å². The Morgan fingerprint density at radius 1 is 1.04 bits per heavy atom. The van der Waals surface area contributed by atoms with Crippen molar-refractivity contribution in [3.8, 4) is 11.5 Å². The Kier molecular flexibility index (Phi) is 6.04. The van der Waals surface area contributed by atoms with Gasteiger partial charge < -0.3 is 14.8 Å². The van der Waals surface area contributed by atoms with Crippen LogP contribution in [0.3, 0.4) is 0 Å². The zero-order valence-electron chi connectivity index (χ0n) is 14.8. The molecule has 0 atom stereocenters. The smallest absolute Gasteiger partial charge is 0.262 e. The minimum atomic E-state index is -0.223. The maximum atomic E-state index is 12.2. The van der Waals surface area contributed by atoms with E-state index in [1.165, 1.54) is 0 Å². The van der Waals surface area contributed by atoms with E-state index in [2.05, 4.69) is 17.2 Å². The molecule has 0 saturated carbocycles. The summed E-state index contributed by atoms with van der Waals surface area (Å²) in [6.07, 6.45) is 3.78. The summed E-state index contributed by atoms with van der Waals surface area (Å²) in [7, 11) is 0. The van der Waals surface area contributed by atoms with Crippen LogP contribution in [0.1, 0.15) is 19.8 Å². The Hall–Kier alpha value is -3.08. The van der Waals surface area contributed by atoms with E-state index in [0.717, 1.165) is 29.5 Å². The highest BCUT2D eigenvalue weighted by Crippen LogP contribution is 2.30. The molecule has 1 aromatic heterocycles. The Morgan fingerprint density at radius 3 is 2.69 bits per heavy atom. The normalized spacial score (nSPS) is 10.5. The van der Waals surface area contributed by atoms with Crippen molar-refractivity contribution in [2.45, 2.75) is 19.8 Å². The molecule has 0 saturated heterocycles. The number of rotatable bonds is 8. The quantitative estimate of drug-likeness (QED) is 0.611. The Balaban J connectivity index is 1.71. The number of anilines is 1. The maximum absolute atomic E-state index is 12.2. The molecule has 0 aliphatic heterocycles. The van der Waals surface area contributed by atoms with Crippen LogP contribution in [-0.2, 0) is 4.79 Å². The summed E-state index contributed by atoms with van der Waals surface area (Å²) in [5, 5.41) is 3.73. The fourth-order valence-electron chi connectivity index (χ4n) is 2.55. The van der Waals surface area contributed by atoms with Crippen LogP contribution in [0.25, 0.3) is 10.9 Å². The lowest BCUT2D eigenvalue weighted by Crippen LogP contribution is -2.20. The topological polar surface area (TPSA) is 60.5 Å². The lowest BCUT2D eigenvalue weighted by molar-refractivity contribution is -0.118. The molecular formula is C21H22N2O3. The van der Waals surface area contributed by atoms with Gasteiger partial charge in [-0.3, -0.25) is 9.78 Å². The third kappa shape index (κ3) is 4.51. The van der Waals surface area contributed by atoms with Crippen molar-refractivity contribution in [3.05, 3.63) is 60.8 Å². The van der Waals surface area contributed by atoms with Crippen LogP contribution in [-0.4, -0.2) is 24.1 Å². The van der Waals surface area contributed by atoms with Gasteiger partial charge in [-0.2, -0.15) is 0 Å². The van der Waals surface area contributed by atoms with Crippen molar-refractivity contribution in [1.82, 2.24) is 4.98 Å². The third-order valence-corrected chi connectivity index (χ3v) is 3.88. The fourth-order valence-corrected chi connectivity index (χ4v) is 2.55. The molecule has 134 valence electrons. The van der Waals surface area contributed by atoms with Crippen molar-refractivity contribution in [2.75, 3.05) is 18.5 Å². The molecular weight excluding hydrogens is 328 g/mol. The molecule has 2 aromatic carbocycles. The molecule has 0 aliphatic rings. The van der Waals surface area contributed by atoms with Gasteiger partial charge in [0.25, 0.3) is 5.91 Å². The number of fused-ring (bicyclic) bond motifs is 1. The molecule has 0 unspecified atom stereocenters. The van der Waals surface area contributed by atoms with Gasteiger partial charge in [0.15, 0.2) is 6.61 Å². The van der Waals surface area contributed by atoms with Crippen molar-refractivity contribution < 1.29 is 14.3 Å². The SMILES string of the molecule is CCCCOc1ccc(NC(=O)COc2ccccc2)c2cccnc12. The van der Waals surface area contributed by atoms with Gasteiger partial charge in [0.1, 0.15) is 17.0 Å². The van der Waals surface area contributed by atoms with Gasteiger partial charge in [-0.15, -0.1) is 0 Å². The average molecular weight is 350 g/mol. The van der Waals surface area contributed by atoms with Crippen molar-refractivity contribution in [1.29, 1.82) is 0 Å². The molecule has 5 heteroatoms. The molecule has 3 rings (SSSR count). The first kappa shape index (κ1) is 17.7. The number of aromatic nitrogens is 1. The second-order valence-electron chi connectivity index (χ2n) is 5.86. The van der Waals surface area contributed by atoms with Gasteiger partial charge in [-0.05, 0) is 42.8 Å². The molecule has 0 fully saturated rings. The van der Waals surface area contributed by atoms with Gasteiger partial charge >= 0.3 is 0 Å². The van der Waals surface area contributed by atoms with Crippen molar-refractivity contribution in [3.63, 3.8) is 0 Å². The summed E-state index contributed by atoms with van der Waals surface area (Å²) in [5.74, 6) is 1.17. The van der Waals surface area contributed by atoms with E-state index < -0.39 is 0 Å². The van der Waals surface area contributed by atoms with Crippen LogP contribution in [0.5, 0.6) is 11.5 Å². The van der Waals surface area contributed by atoms with Crippen LogP contribution >= 0.6 is 0 Å². The minimum Gasteiger partial charge on any atom is -0.491 e. The molecule has 0 spiro atoms. The van der Waals surface area contributed by atoms with E-state index >= 15 is 0 Å². The van der Waals surface area contributed by atoms with Gasteiger partial charge in [0.05, 0.1) is 12.3 Å².